The summed E-state index contributed by atoms with van der Waals surface area (Å²) < 4.78 is 26.9. The van der Waals surface area contributed by atoms with Gasteiger partial charge in [-0.3, -0.25) is 9.69 Å². The Kier molecular flexibility index (Phi) is 5.74. The van der Waals surface area contributed by atoms with E-state index >= 15 is 0 Å². The van der Waals surface area contributed by atoms with Crippen molar-refractivity contribution in [3.63, 3.8) is 0 Å². The molecule has 1 amide bonds. The quantitative estimate of drug-likeness (QED) is 0.857. The van der Waals surface area contributed by atoms with Crippen LogP contribution < -0.4 is 5.32 Å². The zero-order valence-corrected chi connectivity index (χ0v) is 13.8. The molecule has 0 spiro atoms. The average molecular weight is 331 g/mol. The molecule has 1 fully saturated rings. The summed E-state index contributed by atoms with van der Waals surface area (Å²) in [4.78, 5) is 13.6. The van der Waals surface area contributed by atoms with Crippen molar-refractivity contribution in [2.75, 3.05) is 39.3 Å². The van der Waals surface area contributed by atoms with Gasteiger partial charge in [0.05, 0.1) is 6.54 Å². The molecular weight excluding hydrogens is 310 g/mol. The van der Waals surface area contributed by atoms with Gasteiger partial charge in [0.15, 0.2) is 0 Å². The Labute approximate surface area is 129 Å². The summed E-state index contributed by atoms with van der Waals surface area (Å²) in [6.07, 6.45) is 0.740. The van der Waals surface area contributed by atoms with Crippen LogP contribution in [0.15, 0.2) is 21.7 Å². The van der Waals surface area contributed by atoms with Gasteiger partial charge in [-0.1, -0.05) is 6.07 Å². The number of hydrogen-bond donors (Lipinski definition) is 1. The fourth-order valence-corrected chi connectivity index (χ4v) is 4.95. The van der Waals surface area contributed by atoms with E-state index in [1.54, 1.807) is 17.5 Å². The van der Waals surface area contributed by atoms with Gasteiger partial charge >= 0.3 is 0 Å². The van der Waals surface area contributed by atoms with Gasteiger partial charge in [0.2, 0.25) is 5.91 Å². The molecule has 1 N–H and O–H groups in total. The van der Waals surface area contributed by atoms with Gasteiger partial charge < -0.3 is 5.32 Å². The van der Waals surface area contributed by atoms with E-state index in [-0.39, 0.29) is 5.91 Å². The summed E-state index contributed by atoms with van der Waals surface area (Å²) in [5.41, 5.74) is 0. The average Bonchev–Trinajstić information content (AvgIpc) is 2.87. The second-order valence-corrected chi connectivity index (χ2v) is 8.03. The number of amides is 1. The van der Waals surface area contributed by atoms with Crippen LogP contribution in [-0.4, -0.2) is 62.8 Å². The first-order valence-electron chi connectivity index (χ1n) is 7.06. The highest BCUT2D eigenvalue weighted by Crippen LogP contribution is 2.21. The normalized spacial score (nSPS) is 18.3. The molecule has 1 aliphatic rings. The van der Waals surface area contributed by atoms with Gasteiger partial charge in [0.25, 0.3) is 10.0 Å². The van der Waals surface area contributed by atoms with Gasteiger partial charge in [0.1, 0.15) is 4.21 Å². The van der Waals surface area contributed by atoms with Crippen LogP contribution in [0, 0.1) is 0 Å². The van der Waals surface area contributed by atoms with E-state index < -0.39 is 10.0 Å². The van der Waals surface area contributed by atoms with Crippen LogP contribution in [0.25, 0.3) is 0 Å². The van der Waals surface area contributed by atoms with E-state index in [0.717, 1.165) is 13.0 Å². The number of thiophene rings is 1. The summed E-state index contributed by atoms with van der Waals surface area (Å²) in [7, 11) is -3.38. The summed E-state index contributed by atoms with van der Waals surface area (Å²) >= 11 is 1.24. The second kappa shape index (κ2) is 7.35. The Hall–Kier alpha value is -0.960. The number of likely N-dealkylation sites (N-methyl/N-ethyl adjacent to an activating group) is 1. The smallest absolute Gasteiger partial charge is 0.252 e. The Morgan fingerprint density at radius 3 is 2.81 bits per heavy atom. The van der Waals surface area contributed by atoms with Crippen LogP contribution in [0.5, 0.6) is 0 Å². The van der Waals surface area contributed by atoms with Crippen molar-refractivity contribution in [3.8, 4) is 0 Å². The monoisotopic (exact) mass is 331 g/mol. The number of nitrogens with one attached hydrogen (secondary N) is 1. The van der Waals surface area contributed by atoms with E-state index in [1.165, 1.54) is 15.6 Å². The Morgan fingerprint density at radius 1 is 1.33 bits per heavy atom. The minimum atomic E-state index is -3.38. The van der Waals surface area contributed by atoms with E-state index in [2.05, 4.69) is 5.32 Å². The summed E-state index contributed by atoms with van der Waals surface area (Å²) in [6.45, 7) is 5.10. The molecule has 1 saturated heterocycles. The molecule has 0 bridgehead atoms. The predicted molar refractivity (Wildman–Crippen MR) is 82.8 cm³/mol. The highest BCUT2D eigenvalue weighted by Gasteiger charge is 2.27. The van der Waals surface area contributed by atoms with Gasteiger partial charge in [-0.15, -0.1) is 11.3 Å². The molecule has 2 heterocycles. The van der Waals surface area contributed by atoms with Crippen LogP contribution in [0.2, 0.25) is 0 Å². The molecule has 1 aromatic heterocycles. The second-order valence-electron chi connectivity index (χ2n) is 4.92. The van der Waals surface area contributed by atoms with Gasteiger partial charge in [0, 0.05) is 26.2 Å². The van der Waals surface area contributed by atoms with E-state index in [0.29, 0.717) is 36.9 Å². The third kappa shape index (κ3) is 4.26. The summed E-state index contributed by atoms with van der Waals surface area (Å²) in [5.74, 6) is -0.00735. The first kappa shape index (κ1) is 16.4. The number of rotatable bonds is 5. The molecule has 2 rings (SSSR count). The van der Waals surface area contributed by atoms with Crippen molar-refractivity contribution >= 4 is 27.3 Å². The molecule has 0 atom stereocenters. The maximum atomic E-state index is 12.5. The topological polar surface area (TPSA) is 69.7 Å². The van der Waals surface area contributed by atoms with Crippen LogP contribution in [0.4, 0.5) is 0 Å². The molecule has 0 aromatic carbocycles. The largest absolute Gasteiger partial charge is 0.355 e. The third-order valence-electron chi connectivity index (χ3n) is 3.38. The Balaban J connectivity index is 1.96. The van der Waals surface area contributed by atoms with Gasteiger partial charge in [-0.05, 0) is 31.3 Å². The summed E-state index contributed by atoms with van der Waals surface area (Å²) in [6, 6.07) is 3.38. The van der Waals surface area contributed by atoms with Crippen LogP contribution >= 0.6 is 11.3 Å². The molecule has 8 heteroatoms. The molecule has 1 aliphatic heterocycles. The first-order valence-corrected chi connectivity index (χ1v) is 9.38. The van der Waals surface area contributed by atoms with Crippen LogP contribution in [-0.2, 0) is 14.8 Å². The third-order valence-corrected chi connectivity index (χ3v) is 6.65. The fourth-order valence-electron chi connectivity index (χ4n) is 2.34. The van der Waals surface area contributed by atoms with Crippen molar-refractivity contribution in [2.24, 2.45) is 0 Å². The molecule has 6 nitrogen and oxygen atoms in total. The predicted octanol–water partition coefficient (Wildman–Crippen LogP) is 0.581. The highest BCUT2D eigenvalue weighted by molar-refractivity contribution is 7.91. The van der Waals surface area contributed by atoms with Crippen molar-refractivity contribution in [3.05, 3.63) is 17.5 Å². The lowest BCUT2D eigenvalue weighted by Crippen LogP contribution is -2.39. The Bertz CT molecular complexity index is 557. The zero-order chi connectivity index (χ0) is 15.3. The Morgan fingerprint density at radius 2 is 2.14 bits per heavy atom. The maximum Gasteiger partial charge on any atom is 0.252 e. The lowest BCUT2D eigenvalue weighted by atomic mass is 10.4. The number of carbonyl (C=O) groups excluding carboxylic acids is 1. The SMILES string of the molecule is CCNC(=O)CN1CCCN(S(=O)(=O)c2cccs2)CC1. The fraction of sp³-hybridized carbons (Fsp3) is 0.615. The number of hydrogen-bond acceptors (Lipinski definition) is 5. The van der Waals surface area contributed by atoms with E-state index in [4.69, 9.17) is 0 Å². The lowest BCUT2D eigenvalue weighted by Gasteiger charge is -2.20. The van der Waals surface area contributed by atoms with Crippen molar-refractivity contribution in [1.29, 1.82) is 0 Å². The van der Waals surface area contributed by atoms with E-state index in [9.17, 15) is 13.2 Å². The van der Waals surface area contributed by atoms with Crippen molar-refractivity contribution in [2.45, 2.75) is 17.6 Å². The lowest BCUT2D eigenvalue weighted by molar-refractivity contribution is -0.122. The molecule has 0 saturated carbocycles. The number of nitrogens with zero attached hydrogens (tertiary/aromatic N) is 2. The zero-order valence-electron chi connectivity index (χ0n) is 12.1. The van der Waals surface area contributed by atoms with E-state index in [1.807, 2.05) is 11.8 Å². The minimum Gasteiger partial charge on any atom is -0.355 e. The summed E-state index contributed by atoms with van der Waals surface area (Å²) in [5, 5.41) is 4.54. The molecule has 0 aliphatic carbocycles. The van der Waals surface area contributed by atoms with Gasteiger partial charge in [-0.25, -0.2) is 8.42 Å². The number of carbonyl (C=O) groups is 1. The maximum absolute atomic E-state index is 12.5. The molecule has 21 heavy (non-hydrogen) atoms. The first-order chi connectivity index (χ1) is 10.0. The highest BCUT2D eigenvalue weighted by atomic mass is 32.2. The minimum absolute atomic E-state index is 0.00735. The molecule has 0 radical (unpaired) electrons. The molecule has 0 unspecified atom stereocenters. The van der Waals surface area contributed by atoms with Crippen LogP contribution in [0.1, 0.15) is 13.3 Å². The van der Waals surface area contributed by atoms with Crippen molar-refractivity contribution < 1.29 is 13.2 Å². The molecule has 1 aromatic rings. The van der Waals surface area contributed by atoms with Crippen molar-refractivity contribution in [1.82, 2.24) is 14.5 Å². The van der Waals surface area contributed by atoms with Gasteiger partial charge in [-0.2, -0.15) is 4.31 Å². The standard InChI is InChI=1S/C13H21N3O3S2/c1-2-14-12(17)11-15-6-4-7-16(9-8-15)21(18,19)13-5-3-10-20-13/h3,5,10H,2,4,6-9,11H2,1H3,(H,14,17). The molecular formula is C13H21N3O3S2. The van der Waals surface area contributed by atoms with Crippen LogP contribution in [0.3, 0.4) is 0 Å². The number of sulfonamides is 1. The molecule has 118 valence electrons.